The summed E-state index contributed by atoms with van der Waals surface area (Å²) < 4.78 is 43.5. The summed E-state index contributed by atoms with van der Waals surface area (Å²) in [5.74, 6) is 0.540. The Kier molecular flexibility index (Phi) is 8.48. The Bertz CT molecular complexity index is 846. The van der Waals surface area contributed by atoms with Crippen LogP contribution in [0.3, 0.4) is 0 Å². The van der Waals surface area contributed by atoms with Gasteiger partial charge in [-0.25, -0.2) is 0 Å². The monoisotopic (exact) mass is 413 g/mol. The summed E-state index contributed by atoms with van der Waals surface area (Å²) in [5, 5.41) is 0.617. The number of pyridine rings is 1. The number of ether oxygens (including phenoxy) is 1. The molecule has 0 aliphatic carbocycles. The van der Waals surface area contributed by atoms with Crippen LogP contribution in [-0.2, 0) is 6.54 Å². The van der Waals surface area contributed by atoms with Crippen molar-refractivity contribution < 1.29 is 17.9 Å². The van der Waals surface area contributed by atoms with Gasteiger partial charge >= 0.3 is 6.36 Å². The van der Waals surface area contributed by atoms with E-state index >= 15 is 0 Å². The van der Waals surface area contributed by atoms with E-state index in [1.807, 2.05) is 13.0 Å². The zero-order valence-corrected chi connectivity index (χ0v) is 16.9. The number of hydrogen-bond donors (Lipinski definition) is 0. The first-order valence-electron chi connectivity index (χ1n) is 9.52. The lowest BCUT2D eigenvalue weighted by atomic mass is 10.1. The van der Waals surface area contributed by atoms with E-state index in [1.54, 1.807) is 4.57 Å². The van der Waals surface area contributed by atoms with Crippen molar-refractivity contribution in [2.24, 2.45) is 0 Å². The second kappa shape index (κ2) is 10.6. The predicted octanol–water partition coefficient (Wildman–Crippen LogP) is 6.54. The number of fused-ring (bicyclic) bond motifs is 1. The van der Waals surface area contributed by atoms with Crippen LogP contribution in [0.2, 0.25) is 0 Å². The zero-order valence-electron chi connectivity index (χ0n) is 16.1. The average Bonchev–Trinajstić information content (AvgIpc) is 2.62. The first kappa shape index (κ1) is 22.4. The van der Waals surface area contributed by atoms with Gasteiger partial charge in [0, 0.05) is 22.9 Å². The third-order valence-electron chi connectivity index (χ3n) is 4.29. The Morgan fingerprint density at radius 1 is 1.18 bits per heavy atom. The van der Waals surface area contributed by atoms with Crippen molar-refractivity contribution in [2.75, 3.05) is 5.75 Å². The molecule has 0 saturated heterocycles. The Morgan fingerprint density at radius 2 is 1.93 bits per heavy atom. The van der Waals surface area contributed by atoms with Gasteiger partial charge in [0.1, 0.15) is 5.75 Å². The van der Waals surface area contributed by atoms with Crippen LogP contribution in [0.5, 0.6) is 5.75 Å². The number of allylic oxidation sites excluding steroid dienone is 1. The van der Waals surface area contributed by atoms with Gasteiger partial charge in [-0.05, 0) is 49.6 Å². The van der Waals surface area contributed by atoms with Crippen LogP contribution < -0.4 is 10.3 Å². The second-order valence-electron chi connectivity index (χ2n) is 6.57. The van der Waals surface area contributed by atoms with Crippen LogP contribution in [-0.4, -0.2) is 16.7 Å². The maximum absolute atomic E-state index is 12.6. The molecule has 2 rings (SSSR count). The number of nitrogens with zero attached hydrogens (tertiary/aromatic N) is 1. The Balaban J connectivity index is 2.24. The summed E-state index contributed by atoms with van der Waals surface area (Å²) in [7, 11) is 0. The zero-order chi connectivity index (χ0) is 20.6. The van der Waals surface area contributed by atoms with Gasteiger partial charge < -0.3 is 9.30 Å². The highest BCUT2D eigenvalue weighted by Gasteiger charge is 2.31. The lowest BCUT2D eigenvalue weighted by molar-refractivity contribution is -0.274. The minimum absolute atomic E-state index is 0.132. The van der Waals surface area contributed by atoms with Gasteiger partial charge in [-0.3, -0.25) is 4.79 Å². The van der Waals surface area contributed by atoms with Gasteiger partial charge in [-0.15, -0.1) is 31.5 Å². The van der Waals surface area contributed by atoms with Gasteiger partial charge in [0.2, 0.25) is 0 Å². The number of aromatic nitrogens is 1. The first-order valence-corrected chi connectivity index (χ1v) is 10.5. The van der Waals surface area contributed by atoms with E-state index in [0.717, 1.165) is 44.3 Å². The van der Waals surface area contributed by atoms with Crippen LogP contribution in [0.1, 0.15) is 45.4 Å². The molecule has 0 atom stereocenters. The van der Waals surface area contributed by atoms with Crippen LogP contribution in [0.15, 0.2) is 46.6 Å². The van der Waals surface area contributed by atoms with E-state index in [9.17, 15) is 18.0 Å². The summed E-state index contributed by atoms with van der Waals surface area (Å²) in [4.78, 5) is 13.2. The quantitative estimate of drug-likeness (QED) is 0.238. The minimum Gasteiger partial charge on any atom is -0.406 e. The molecule has 0 N–H and O–H groups in total. The molecule has 7 heteroatoms. The molecule has 1 heterocycles. The van der Waals surface area contributed by atoms with Crippen molar-refractivity contribution in [1.29, 1.82) is 0 Å². The summed E-state index contributed by atoms with van der Waals surface area (Å²) in [6.07, 6.45) is 3.23. The molecular weight excluding hydrogens is 387 g/mol. The Hall–Kier alpha value is -1.89. The van der Waals surface area contributed by atoms with Crippen molar-refractivity contribution in [3.05, 3.63) is 47.3 Å². The van der Waals surface area contributed by atoms with Gasteiger partial charge in [0.15, 0.2) is 0 Å². The molecule has 1 aromatic carbocycles. The van der Waals surface area contributed by atoms with Crippen LogP contribution in [0.4, 0.5) is 13.2 Å². The highest BCUT2D eigenvalue weighted by atomic mass is 32.2. The molecule has 0 radical (unpaired) electrons. The summed E-state index contributed by atoms with van der Waals surface area (Å²) in [6.45, 7) is 6.17. The molecule has 154 valence electrons. The fourth-order valence-corrected chi connectivity index (χ4v) is 4.10. The molecule has 0 saturated carbocycles. The van der Waals surface area contributed by atoms with Crippen molar-refractivity contribution in [2.45, 2.75) is 63.3 Å². The summed E-state index contributed by atoms with van der Waals surface area (Å²) in [5.41, 5.74) is 0.504. The van der Waals surface area contributed by atoms with Crippen molar-refractivity contribution in [1.82, 2.24) is 4.57 Å². The Morgan fingerprint density at radius 3 is 2.61 bits per heavy atom. The molecule has 0 aliphatic heterocycles. The van der Waals surface area contributed by atoms with Crippen molar-refractivity contribution in [3.63, 3.8) is 0 Å². The molecule has 0 amide bonds. The van der Waals surface area contributed by atoms with Crippen LogP contribution in [0.25, 0.3) is 10.9 Å². The number of benzene rings is 1. The summed E-state index contributed by atoms with van der Waals surface area (Å²) >= 11 is 1.51. The van der Waals surface area contributed by atoms with E-state index in [2.05, 4.69) is 11.3 Å². The maximum atomic E-state index is 12.6. The molecule has 0 bridgehead atoms. The highest BCUT2D eigenvalue weighted by Crippen LogP contribution is 2.32. The van der Waals surface area contributed by atoms with Crippen molar-refractivity contribution >= 4 is 22.7 Å². The lowest BCUT2D eigenvalue weighted by Crippen LogP contribution is -2.20. The number of alkyl halides is 3. The predicted molar refractivity (Wildman–Crippen MR) is 109 cm³/mol. The number of halogens is 3. The number of hydrogen-bond acceptors (Lipinski definition) is 3. The third kappa shape index (κ3) is 6.62. The smallest absolute Gasteiger partial charge is 0.406 e. The minimum atomic E-state index is -4.75. The molecule has 0 fully saturated rings. The van der Waals surface area contributed by atoms with Gasteiger partial charge in [0.05, 0.1) is 5.52 Å². The first-order chi connectivity index (χ1) is 13.4. The van der Waals surface area contributed by atoms with Crippen LogP contribution in [0, 0.1) is 0 Å². The largest absolute Gasteiger partial charge is 0.573 e. The van der Waals surface area contributed by atoms with E-state index in [0.29, 0.717) is 22.3 Å². The van der Waals surface area contributed by atoms with E-state index in [4.69, 9.17) is 0 Å². The molecular formula is C21H26F3NO2S. The molecule has 0 unspecified atom stereocenters. The number of thioether (sulfide) groups is 1. The fourth-order valence-electron chi connectivity index (χ4n) is 3.03. The van der Waals surface area contributed by atoms with E-state index in [-0.39, 0.29) is 11.3 Å². The normalized spacial score (nSPS) is 11.7. The van der Waals surface area contributed by atoms with Gasteiger partial charge in [-0.2, -0.15) is 0 Å². The van der Waals surface area contributed by atoms with Gasteiger partial charge in [-0.1, -0.05) is 25.8 Å². The topological polar surface area (TPSA) is 31.2 Å². The molecule has 0 aliphatic rings. The highest BCUT2D eigenvalue weighted by molar-refractivity contribution is 7.99. The lowest BCUT2D eigenvalue weighted by Gasteiger charge is -2.15. The average molecular weight is 414 g/mol. The molecule has 1 aromatic heterocycles. The van der Waals surface area contributed by atoms with Crippen molar-refractivity contribution in [3.8, 4) is 5.75 Å². The maximum Gasteiger partial charge on any atom is 0.573 e. The second-order valence-corrected chi connectivity index (χ2v) is 7.70. The summed E-state index contributed by atoms with van der Waals surface area (Å²) in [6, 6.07) is 5.70. The third-order valence-corrected chi connectivity index (χ3v) is 5.43. The number of aryl methyl sites for hydroxylation is 1. The van der Waals surface area contributed by atoms with E-state index < -0.39 is 6.36 Å². The van der Waals surface area contributed by atoms with Crippen LogP contribution >= 0.6 is 11.8 Å². The standard InChI is InChI=1S/C21H26F3NO2S/c1-3-5-6-7-8-9-13-28-19-15-20(26)25(12-4-2)18-11-10-16(14-17(18)19)27-21(22,23)24/h3,10-11,14-15H,1,4-9,12-13H2,2H3. The SMILES string of the molecule is C=CCCCCCCSc1cc(=O)n(CCC)c2ccc(OC(F)(F)F)cc12. The van der Waals surface area contributed by atoms with Gasteiger partial charge in [0.25, 0.3) is 5.56 Å². The molecule has 3 nitrogen and oxygen atoms in total. The molecule has 2 aromatic rings. The number of unbranched alkanes of at least 4 members (excludes halogenated alkanes) is 4. The Labute approximate surface area is 167 Å². The number of rotatable bonds is 11. The molecule has 28 heavy (non-hydrogen) atoms. The fraction of sp³-hybridized carbons (Fsp3) is 0.476. The molecule has 0 spiro atoms. The van der Waals surface area contributed by atoms with E-state index in [1.165, 1.54) is 36.0 Å².